The molecule has 0 aromatic heterocycles. The van der Waals surface area contributed by atoms with E-state index in [1.54, 1.807) is 0 Å². The topological polar surface area (TPSA) is 140 Å². The smallest absolute Gasteiger partial charge is 0.226 e. The van der Waals surface area contributed by atoms with Crippen molar-refractivity contribution in [3.63, 3.8) is 0 Å². The maximum absolute atomic E-state index is 12.6. The van der Waals surface area contributed by atoms with Crippen molar-refractivity contribution in [3.05, 3.63) is 70.3 Å². The lowest BCUT2D eigenvalue weighted by atomic mass is 9.84. The number of hydrogen-bond acceptors (Lipinski definition) is 8. The van der Waals surface area contributed by atoms with Crippen LogP contribution < -0.4 is 5.32 Å². The van der Waals surface area contributed by atoms with Gasteiger partial charge in [0.1, 0.15) is 36.3 Å². The molecule has 0 spiro atoms. The second-order valence-electron chi connectivity index (χ2n) is 13.8. The summed E-state index contributed by atoms with van der Waals surface area (Å²) in [6.07, 6.45) is -3.41. The second-order valence-corrected chi connectivity index (χ2v) is 13.8. The molecular formula is C35H52N2O7. The van der Waals surface area contributed by atoms with Crippen LogP contribution >= 0.6 is 0 Å². The lowest BCUT2D eigenvalue weighted by Crippen LogP contribution is -2.60. The number of hydrogen-bond donors (Lipinski definition) is 5. The number of ketones is 1. The monoisotopic (exact) mass is 612 g/mol. The molecule has 0 unspecified atom stereocenters. The molecule has 0 bridgehead atoms. The summed E-state index contributed by atoms with van der Waals surface area (Å²) in [6, 6.07) is 14.0. The van der Waals surface area contributed by atoms with Crippen molar-refractivity contribution >= 4 is 11.7 Å². The van der Waals surface area contributed by atoms with Gasteiger partial charge >= 0.3 is 0 Å². The van der Waals surface area contributed by atoms with Crippen LogP contribution in [0.25, 0.3) is 0 Å². The molecule has 1 fully saturated rings. The number of carbonyl (C=O) groups excluding carboxylic acids is 2. The molecule has 9 heteroatoms. The Bertz CT molecular complexity index is 1250. The lowest BCUT2D eigenvalue weighted by molar-refractivity contribution is -0.261. The van der Waals surface area contributed by atoms with E-state index < -0.39 is 41.5 Å². The highest BCUT2D eigenvalue weighted by atomic mass is 16.5. The molecule has 1 amide bonds. The number of carbonyl (C=O) groups is 2. The summed E-state index contributed by atoms with van der Waals surface area (Å²) in [6.45, 7) is 9.95. The van der Waals surface area contributed by atoms with Crippen LogP contribution in [-0.2, 0) is 27.2 Å². The number of aliphatic hydroxyl groups is 4. The first-order valence-corrected chi connectivity index (χ1v) is 15.5. The number of ether oxygens (including phenoxy) is 1. The number of likely N-dealkylation sites (N-methyl/N-ethyl adjacent to an activating group) is 1. The van der Waals surface area contributed by atoms with E-state index in [-0.39, 0.29) is 18.1 Å². The summed E-state index contributed by atoms with van der Waals surface area (Å²) in [5, 5.41) is 45.0. The number of nitrogens with one attached hydrogen (secondary N) is 1. The van der Waals surface area contributed by atoms with E-state index >= 15 is 0 Å². The Labute approximate surface area is 262 Å². The Balaban J connectivity index is 1.56. The van der Waals surface area contributed by atoms with Crippen molar-refractivity contribution < 1.29 is 34.8 Å². The zero-order chi connectivity index (χ0) is 32.8. The van der Waals surface area contributed by atoms with Crippen LogP contribution in [0.5, 0.6) is 0 Å². The molecule has 5 atom stereocenters. The molecule has 1 saturated heterocycles. The molecule has 44 heavy (non-hydrogen) atoms. The number of aliphatic hydroxyl groups excluding tert-OH is 3. The lowest BCUT2D eigenvalue weighted by Gasteiger charge is -2.45. The third kappa shape index (κ3) is 9.67. The van der Waals surface area contributed by atoms with Gasteiger partial charge in [0.15, 0.2) is 0 Å². The summed E-state index contributed by atoms with van der Waals surface area (Å²) < 4.78 is 5.95. The molecule has 2 aromatic carbocycles. The number of Topliss-reactive ketones (excluding diaryl/α,β-unsaturated/α-hetero) is 1. The van der Waals surface area contributed by atoms with Crippen LogP contribution in [0.15, 0.2) is 42.5 Å². The van der Waals surface area contributed by atoms with E-state index in [0.29, 0.717) is 31.4 Å². The standard InChI is InChI=1S/C35H52N2O7/c1-22-11-16-25(31-29(40)28(39)30(41)32(44-31)35(4,5)43)20-26(22)19-24-14-12-23(13-15-24)9-8-10-27(38)21-34(2,3)33(42)36-17-18-37(6)7/h11-16,20,28-32,39-41,43H,8-10,17-19,21H2,1-7H3,(H,36,42)/t28-,29-,30+,31+,32+/m1/s1. The van der Waals surface area contributed by atoms with Gasteiger partial charge in [0.2, 0.25) is 5.91 Å². The fraction of sp³-hybridized carbons (Fsp3) is 0.600. The Hall–Kier alpha value is -2.66. The van der Waals surface area contributed by atoms with Crippen molar-refractivity contribution in [1.82, 2.24) is 10.2 Å². The Morgan fingerprint density at radius 1 is 0.932 bits per heavy atom. The Morgan fingerprint density at radius 2 is 1.57 bits per heavy atom. The van der Waals surface area contributed by atoms with Crippen LogP contribution in [0, 0.1) is 12.3 Å². The summed E-state index contributed by atoms with van der Waals surface area (Å²) in [7, 11) is 3.90. The summed E-state index contributed by atoms with van der Waals surface area (Å²) in [5.74, 6) is -0.00565. The van der Waals surface area contributed by atoms with E-state index in [2.05, 4.69) is 29.6 Å². The number of benzene rings is 2. The first kappa shape index (κ1) is 35.8. The molecule has 1 aliphatic heterocycles. The van der Waals surface area contributed by atoms with E-state index in [0.717, 1.165) is 35.2 Å². The quantitative estimate of drug-likeness (QED) is 0.220. The summed E-state index contributed by atoms with van der Waals surface area (Å²) in [5.41, 5.74) is 2.84. The van der Waals surface area contributed by atoms with E-state index in [1.165, 1.54) is 13.8 Å². The van der Waals surface area contributed by atoms with Gasteiger partial charge in [0.05, 0.1) is 11.0 Å². The minimum absolute atomic E-state index is 0.0905. The average Bonchev–Trinajstić information content (AvgIpc) is 2.93. The van der Waals surface area contributed by atoms with Crippen LogP contribution in [-0.4, -0.2) is 94.2 Å². The van der Waals surface area contributed by atoms with Crippen LogP contribution in [0.2, 0.25) is 0 Å². The predicted molar refractivity (Wildman–Crippen MR) is 170 cm³/mol. The van der Waals surface area contributed by atoms with Crippen molar-refractivity contribution in [2.75, 3.05) is 27.2 Å². The van der Waals surface area contributed by atoms with Gasteiger partial charge in [-0.05, 0) is 81.9 Å². The van der Waals surface area contributed by atoms with Crippen LogP contribution in [0.4, 0.5) is 0 Å². The molecule has 2 aromatic rings. The molecule has 1 aliphatic rings. The van der Waals surface area contributed by atoms with Crippen LogP contribution in [0.1, 0.15) is 80.9 Å². The van der Waals surface area contributed by atoms with E-state index in [4.69, 9.17) is 4.74 Å². The van der Waals surface area contributed by atoms with E-state index in [9.17, 15) is 30.0 Å². The SMILES string of the molecule is Cc1ccc([C@@H]2O[C@H](C(C)(C)O)[C@@H](O)[C@H](O)[C@H]2O)cc1Cc1ccc(CCCC(=O)CC(C)(C)C(=O)NCCN(C)C)cc1. The van der Waals surface area contributed by atoms with Gasteiger partial charge in [0.25, 0.3) is 0 Å². The highest BCUT2D eigenvalue weighted by Crippen LogP contribution is 2.37. The van der Waals surface area contributed by atoms with Gasteiger partial charge in [-0.15, -0.1) is 0 Å². The van der Waals surface area contributed by atoms with Crippen molar-refractivity contribution in [2.24, 2.45) is 5.41 Å². The highest BCUT2D eigenvalue weighted by Gasteiger charge is 2.49. The number of aryl methyl sites for hydroxylation is 2. The third-order valence-electron chi connectivity index (χ3n) is 8.45. The van der Waals surface area contributed by atoms with Gasteiger partial charge in [-0.1, -0.05) is 56.3 Å². The van der Waals surface area contributed by atoms with Gasteiger partial charge in [-0.25, -0.2) is 0 Å². The Morgan fingerprint density at radius 3 is 2.18 bits per heavy atom. The number of amides is 1. The van der Waals surface area contributed by atoms with E-state index in [1.807, 2.05) is 58.0 Å². The fourth-order valence-corrected chi connectivity index (χ4v) is 5.63. The molecule has 0 saturated carbocycles. The molecule has 1 heterocycles. The molecular weight excluding hydrogens is 560 g/mol. The molecule has 0 aliphatic carbocycles. The average molecular weight is 613 g/mol. The molecule has 9 nitrogen and oxygen atoms in total. The zero-order valence-electron chi connectivity index (χ0n) is 27.3. The first-order chi connectivity index (χ1) is 20.5. The molecule has 3 rings (SSSR count). The zero-order valence-corrected chi connectivity index (χ0v) is 27.3. The van der Waals surface area contributed by atoms with Crippen LogP contribution in [0.3, 0.4) is 0 Å². The minimum atomic E-state index is -1.46. The highest BCUT2D eigenvalue weighted by molar-refractivity contribution is 5.89. The fourth-order valence-electron chi connectivity index (χ4n) is 5.63. The third-order valence-corrected chi connectivity index (χ3v) is 8.45. The Kier molecular flexibility index (Phi) is 12.3. The largest absolute Gasteiger partial charge is 0.388 e. The maximum Gasteiger partial charge on any atom is 0.226 e. The van der Waals surface area contributed by atoms with Crippen molar-refractivity contribution in [1.29, 1.82) is 0 Å². The molecule has 244 valence electrons. The van der Waals surface area contributed by atoms with Gasteiger partial charge < -0.3 is 35.4 Å². The maximum atomic E-state index is 12.6. The number of rotatable bonds is 14. The number of nitrogens with zero attached hydrogens (tertiary/aromatic N) is 1. The summed E-state index contributed by atoms with van der Waals surface area (Å²) in [4.78, 5) is 27.2. The van der Waals surface area contributed by atoms with Gasteiger partial charge in [-0.3, -0.25) is 9.59 Å². The van der Waals surface area contributed by atoms with Crippen molar-refractivity contribution in [3.8, 4) is 0 Å². The van der Waals surface area contributed by atoms with Crippen molar-refractivity contribution in [2.45, 2.75) is 103 Å². The van der Waals surface area contributed by atoms with Gasteiger partial charge in [0, 0.05) is 25.9 Å². The summed E-state index contributed by atoms with van der Waals surface area (Å²) >= 11 is 0. The first-order valence-electron chi connectivity index (χ1n) is 15.5. The normalized spacial score (nSPS) is 22.7. The molecule has 0 radical (unpaired) electrons. The minimum Gasteiger partial charge on any atom is -0.388 e. The predicted octanol–water partition coefficient (Wildman–Crippen LogP) is 2.87. The second kappa shape index (κ2) is 15.1. The molecule has 5 N–H and O–H groups in total. The van der Waals surface area contributed by atoms with Gasteiger partial charge in [-0.2, -0.15) is 0 Å².